The SMILES string of the molecule is C=C1CC[C@@H](Cc2ccccc2)C2CC12. The van der Waals surface area contributed by atoms with Gasteiger partial charge in [0.05, 0.1) is 0 Å². The lowest BCUT2D eigenvalue weighted by Crippen LogP contribution is -2.13. The Bertz CT molecular complexity index is 363. The molecule has 0 heteroatoms. The van der Waals surface area contributed by atoms with Gasteiger partial charge in [0.15, 0.2) is 0 Å². The Morgan fingerprint density at radius 3 is 2.80 bits per heavy atom. The molecule has 1 aromatic carbocycles. The summed E-state index contributed by atoms with van der Waals surface area (Å²) in [6.45, 7) is 4.18. The van der Waals surface area contributed by atoms with Crippen LogP contribution in [-0.2, 0) is 6.42 Å². The molecule has 0 saturated heterocycles. The highest BCUT2D eigenvalue weighted by atomic mass is 14.5. The smallest absolute Gasteiger partial charge is 0.0172 e. The Hall–Kier alpha value is -1.04. The van der Waals surface area contributed by atoms with Gasteiger partial charge in [0.25, 0.3) is 0 Å². The molecule has 3 rings (SSSR count). The van der Waals surface area contributed by atoms with E-state index in [-0.39, 0.29) is 0 Å². The van der Waals surface area contributed by atoms with E-state index in [4.69, 9.17) is 0 Å². The molecule has 15 heavy (non-hydrogen) atoms. The highest BCUT2D eigenvalue weighted by molar-refractivity contribution is 5.21. The van der Waals surface area contributed by atoms with Gasteiger partial charge in [0.1, 0.15) is 0 Å². The minimum absolute atomic E-state index is 0.896. The van der Waals surface area contributed by atoms with Gasteiger partial charge in [-0.25, -0.2) is 0 Å². The fraction of sp³-hybridized carbons (Fsp3) is 0.467. The maximum absolute atomic E-state index is 4.18. The van der Waals surface area contributed by atoms with Crippen LogP contribution < -0.4 is 0 Å². The number of hydrogen-bond acceptors (Lipinski definition) is 0. The Balaban J connectivity index is 1.68. The van der Waals surface area contributed by atoms with Crippen molar-refractivity contribution in [3.63, 3.8) is 0 Å². The van der Waals surface area contributed by atoms with Crippen molar-refractivity contribution in [1.82, 2.24) is 0 Å². The van der Waals surface area contributed by atoms with Gasteiger partial charge in [0, 0.05) is 0 Å². The Morgan fingerprint density at radius 2 is 2.00 bits per heavy atom. The van der Waals surface area contributed by atoms with E-state index in [1.54, 1.807) is 0 Å². The van der Waals surface area contributed by atoms with Crippen molar-refractivity contribution in [3.05, 3.63) is 48.0 Å². The largest absolute Gasteiger partial charge is 0.0996 e. The monoisotopic (exact) mass is 198 g/mol. The van der Waals surface area contributed by atoms with Crippen LogP contribution in [0.1, 0.15) is 24.8 Å². The predicted molar refractivity (Wildman–Crippen MR) is 63.6 cm³/mol. The highest BCUT2D eigenvalue weighted by Gasteiger charge is 2.46. The molecule has 2 unspecified atom stereocenters. The Kier molecular flexibility index (Phi) is 2.16. The van der Waals surface area contributed by atoms with Gasteiger partial charge in [-0.3, -0.25) is 0 Å². The molecule has 0 amide bonds. The third kappa shape index (κ3) is 1.73. The molecule has 2 saturated carbocycles. The van der Waals surface area contributed by atoms with Crippen molar-refractivity contribution >= 4 is 0 Å². The number of hydrogen-bond donors (Lipinski definition) is 0. The van der Waals surface area contributed by atoms with Gasteiger partial charge in [-0.2, -0.15) is 0 Å². The minimum Gasteiger partial charge on any atom is -0.0996 e. The normalized spacial score (nSPS) is 33.6. The molecule has 0 radical (unpaired) electrons. The van der Waals surface area contributed by atoms with Gasteiger partial charge >= 0.3 is 0 Å². The van der Waals surface area contributed by atoms with Gasteiger partial charge in [0.2, 0.25) is 0 Å². The zero-order valence-electron chi connectivity index (χ0n) is 9.15. The van der Waals surface area contributed by atoms with Crippen molar-refractivity contribution in [1.29, 1.82) is 0 Å². The molecule has 0 spiro atoms. The topological polar surface area (TPSA) is 0 Å². The molecule has 0 heterocycles. The van der Waals surface area contributed by atoms with Crippen LogP contribution in [0.2, 0.25) is 0 Å². The first-order chi connectivity index (χ1) is 7.34. The molecule has 2 aliphatic carbocycles. The van der Waals surface area contributed by atoms with E-state index in [0.717, 1.165) is 17.8 Å². The van der Waals surface area contributed by atoms with Gasteiger partial charge < -0.3 is 0 Å². The summed E-state index contributed by atoms with van der Waals surface area (Å²) in [5.74, 6) is 2.81. The maximum Gasteiger partial charge on any atom is -0.0172 e. The fourth-order valence-electron chi connectivity index (χ4n) is 3.15. The van der Waals surface area contributed by atoms with Crippen LogP contribution in [0.25, 0.3) is 0 Å². The summed E-state index contributed by atoms with van der Waals surface area (Å²) in [5.41, 5.74) is 3.05. The first kappa shape index (κ1) is 9.21. The van der Waals surface area contributed by atoms with Crippen LogP contribution >= 0.6 is 0 Å². The Labute approximate surface area is 92.0 Å². The van der Waals surface area contributed by atoms with Crippen molar-refractivity contribution < 1.29 is 0 Å². The van der Waals surface area contributed by atoms with Crippen LogP contribution in [0.15, 0.2) is 42.5 Å². The van der Waals surface area contributed by atoms with Gasteiger partial charge in [-0.1, -0.05) is 42.5 Å². The lowest BCUT2D eigenvalue weighted by Gasteiger charge is -2.22. The van der Waals surface area contributed by atoms with E-state index < -0.39 is 0 Å². The van der Waals surface area contributed by atoms with Crippen LogP contribution in [-0.4, -0.2) is 0 Å². The van der Waals surface area contributed by atoms with Crippen LogP contribution in [0.3, 0.4) is 0 Å². The van der Waals surface area contributed by atoms with Crippen molar-refractivity contribution in [2.24, 2.45) is 17.8 Å². The molecule has 78 valence electrons. The molecule has 0 bridgehead atoms. The first-order valence-corrected chi connectivity index (χ1v) is 6.06. The minimum atomic E-state index is 0.896. The molecular formula is C15H18. The summed E-state index contributed by atoms with van der Waals surface area (Å²) < 4.78 is 0. The fourth-order valence-corrected chi connectivity index (χ4v) is 3.15. The zero-order valence-corrected chi connectivity index (χ0v) is 9.15. The van der Waals surface area contributed by atoms with E-state index in [1.165, 1.54) is 36.8 Å². The average molecular weight is 198 g/mol. The summed E-state index contributed by atoms with van der Waals surface area (Å²) in [4.78, 5) is 0. The van der Waals surface area contributed by atoms with E-state index in [2.05, 4.69) is 36.9 Å². The summed E-state index contributed by atoms with van der Waals surface area (Å²) in [5, 5.41) is 0. The van der Waals surface area contributed by atoms with E-state index in [0.29, 0.717) is 0 Å². The molecule has 1 aromatic rings. The zero-order chi connectivity index (χ0) is 10.3. The number of rotatable bonds is 2. The van der Waals surface area contributed by atoms with Crippen molar-refractivity contribution in [2.45, 2.75) is 25.7 Å². The highest BCUT2D eigenvalue weighted by Crippen LogP contribution is 2.55. The second kappa shape index (κ2) is 3.52. The molecule has 0 nitrogen and oxygen atoms in total. The molecular weight excluding hydrogens is 180 g/mol. The van der Waals surface area contributed by atoms with Gasteiger partial charge in [-0.05, 0) is 49.0 Å². The van der Waals surface area contributed by atoms with E-state index >= 15 is 0 Å². The van der Waals surface area contributed by atoms with Crippen molar-refractivity contribution in [2.75, 3.05) is 0 Å². The third-order valence-electron chi connectivity index (χ3n) is 4.15. The van der Waals surface area contributed by atoms with E-state index in [1.807, 2.05) is 0 Å². The first-order valence-electron chi connectivity index (χ1n) is 6.06. The lowest BCUT2D eigenvalue weighted by molar-refractivity contribution is 0.379. The Morgan fingerprint density at radius 1 is 1.20 bits per heavy atom. The second-order valence-electron chi connectivity index (χ2n) is 5.15. The third-order valence-corrected chi connectivity index (χ3v) is 4.15. The van der Waals surface area contributed by atoms with Crippen LogP contribution in [0.4, 0.5) is 0 Å². The number of fused-ring (bicyclic) bond motifs is 1. The quantitative estimate of drug-likeness (QED) is 0.633. The maximum atomic E-state index is 4.18. The molecule has 3 atom stereocenters. The molecule has 2 aliphatic rings. The number of allylic oxidation sites excluding steroid dienone is 1. The summed E-state index contributed by atoms with van der Waals surface area (Å²) in [7, 11) is 0. The molecule has 2 fully saturated rings. The lowest BCUT2D eigenvalue weighted by atomic mass is 9.83. The second-order valence-corrected chi connectivity index (χ2v) is 5.15. The molecule has 0 aliphatic heterocycles. The summed E-state index contributed by atoms with van der Waals surface area (Å²) in [6, 6.07) is 10.9. The van der Waals surface area contributed by atoms with E-state index in [9.17, 15) is 0 Å². The number of benzene rings is 1. The van der Waals surface area contributed by atoms with Gasteiger partial charge in [-0.15, -0.1) is 0 Å². The summed E-state index contributed by atoms with van der Waals surface area (Å²) >= 11 is 0. The molecule has 0 N–H and O–H groups in total. The average Bonchev–Trinajstić information content (AvgIpc) is 3.05. The summed E-state index contributed by atoms with van der Waals surface area (Å²) in [6.07, 6.45) is 5.36. The van der Waals surface area contributed by atoms with Crippen LogP contribution in [0.5, 0.6) is 0 Å². The molecule has 0 aromatic heterocycles. The standard InChI is InChI=1S/C15H18/c1-11-7-8-13(15-10-14(11)15)9-12-5-3-2-4-6-12/h2-6,13-15H,1,7-10H2/t13-,14?,15?/m0/s1. The van der Waals surface area contributed by atoms with Crippen molar-refractivity contribution in [3.8, 4) is 0 Å². The van der Waals surface area contributed by atoms with Crippen LogP contribution in [0, 0.1) is 17.8 Å². The predicted octanol–water partition coefficient (Wildman–Crippen LogP) is 3.83.